The summed E-state index contributed by atoms with van der Waals surface area (Å²) in [6, 6.07) is 1.39. The predicted octanol–water partition coefficient (Wildman–Crippen LogP) is -0.339. The van der Waals surface area contributed by atoms with Gasteiger partial charge in [0.25, 0.3) is 0 Å². The Kier molecular flexibility index (Phi) is 7.73. The summed E-state index contributed by atoms with van der Waals surface area (Å²) in [5.41, 5.74) is 0. The number of allylic oxidation sites excluding steroid dienone is 7. The third-order valence-corrected chi connectivity index (χ3v) is 30.1. The molecule has 3 aliphatic rings. The Balaban J connectivity index is 0.00000156. The summed E-state index contributed by atoms with van der Waals surface area (Å²) in [4.78, 5) is 0. The quantitative estimate of drug-likeness (QED) is 0.473. The second kappa shape index (κ2) is 8.09. The molecule has 0 radical (unpaired) electrons. The van der Waals surface area contributed by atoms with E-state index in [4.69, 9.17) is 4.43 Å². The fourth-order valence-corrected chi connectivity index (χ4v) is 27.2. The van der Waals surface area contributed by atoms with Crippen LogP contribution in [0.2, 0.25) is 45.3 Å². The molecular weight excluding hydrogens is 479 g/mol. The van der Waals surface area contributed by atoms with E-state index in [2.05, 4.69) is 64.4 Å². The van der Waals surface area contributed by atoms with Crippen LogP contribution in [0.15, 0.2) is 40.9 Å². The van der Waals surface area contributed by atoms with Crippen LogP contribution in [0.5, 0.6) is 0 Å². The van der Waals surface area contributed by atoms with Gasteiger partial charge in [-0.2, -0.15) is 0 Å². The van der Waals surface area contributed by atoms with Gasteiger partial charge in [-0.05, 0) is 0 Å². The molecule has 0 amide bonds. The summed E-state index contributed by atoms with van der Waals surface area (Å²) in [6.07, 6.45) is 9.96. The zero-order valence-electron chi connectivity index (χ0n) is 16.5. The first-order valence-corrected chi connectivity index (χ1v) is 21.5. The van der Waals surface area contributed by atoms with E-state index >= 15 is 0 Å². The average Bonchev–Trinajstić information content (AvgIpc) is 3.05. The molecule has 25 heavy (non-hydrogen) atoms. The van der Waals surface area contributed by atoms with Gasteiger partial charge in [0, 0.05) is 0 Å². The van der Waals surface area contributed by atoms with E-state index in [1.54, 1.807) is 5.20 Å². The van der Waals surface area contributed by atoms with E-state index < -0.39 is 46.7 Å². The van der Waals surface area contributed by atoms with Crippen LogP contribution in [0.25, 0.3) is 0 Å². The molecule has 1 nitrogen and oxygen atoms in total. The molecule has 1 aliphatic heterocycles. The minimum atomic E-state index is -1.60. The Labute approximate surface area is 180 Å². The topological polar surface area (TPSA) is 9.23 Å². The van der Waals surface area contributed by atoms with Crippen LogP contribution < -0.4 is 24.8 Å². The molecule has 138 valence electrons. The molecule has 0 aromatic carbocycles. The van der Waals surface area contributed by atoms with Crippen molar-refractivity contribution in [1.82, 2.24) is 0 Å². The molecule has 1 unspecified atom stereocenters. The Morgan fingerprint density at radius 3 is 2.28 bits per heavy atom. The maximum atomic E-state index is 6.63. The fraction of sp³-hybridized carbons (Fsp3) is 0.556. The van der Waals surface area contributed by atoms with Crippen molar-refractivity contribution in [1.29, 1.82) is 0 Å². The van der Waals surface area contributed by atoms with Gasteiger partial charge in [0.05, 0.1) is 0 Å². The maximum absolute atomic E-state index is 6.63. The Bertz CT molecular complexity index is 674. The zero-order chi connectivity index (χ0) is 17.0. The predicted molar refractivity (Wildman–Crippen MR) is 105 cm³/mol. The van der Waals surface area contributed by atoms with Gasteiger partial charge in [0.1, 0.15) is 0 Å². The molecule has 3 rings (SSSR count). The van der Waals surface area contributed by atoms with Gasteiger partial charge in [-0.1, -0.05) is 0 Å². The van der Waals surface area contributed by atoms with Gasteiger partial charge < -0.3 is 24.8 Å². The second-order valence-electron chi connectivity index (χ2n) is 8.83. The van der Waals surface area contributed by atoms with E-state index in [1.807, 2.05) is 11.8 Å². The largest absolute Gasteiger partial charge is 1.00 e. The monoisotopic (exact) mass is 506 g/mol. The summed E-state index contributed by atoms with van der Waals surface area (Å²) < 4.78 is 10.4. The summed E-state index contributed by atoms with van der Waals surface area (Å²) >= 11 is -0.536. The van der Waals surface area contributed by atoms with Gasteiger partial charge in [0.15, 0.2) is 0 Å². The molecule has 0 N–H and O–H groups in total. The smallest absolute Gasteiger partial charge is 1.00 e. The van der Waals surface area contributed by atoms with E-state index in [0.717, 1.165) is 0 Å². The third-order valence-electron chi connectivity index (χ3n) is 5.97. The van der Waals surface area contributed by atoms with Crippen molar-refractivity contribution in [2.24, 2.45) is 0 Å². The first-order chi connectivity index (χ1) is 10.6. The van der Waals surface area contributed by atoms with Crippen molar-refractivity contribution in [3.8, 4) is 0 Å². The Hall–Kier alpha value is 0.874. The van der Waals surface area contributed by atoms with Crippen LogP contribution >= 0.6 is 0 Å². The number of rotatable bonds is 4. The summed E-state index contributed by atoms with van der Waals surface area (Å²) in [5.74, 6) is 1.34. The molecule has 7 heteroatoms. The minimum Gasteiger partial charge on any atom is -1.00 e. The number of hydrogen-bond acceptors (Lipinski definition) is 1. The average molecular weight is 509 g/mol. The van der Waals surface area contributed by atoms with Crippen LogP contribution in [-0.2, 0) is 27.7 Å². The van der Waals surface area contributed by atoms with Gasteiger partial charge in [-0.25, -0.2) is 0 Å². The maximum Gasteiger partial charge on any atom is -1.00 e. The minimum absolute atomic E-state index is 0. The van der Waals surface area contributed by atoms with Crippen LogP contribution in [0, 0.1) is 0 Å². The molecule has 0 aromatic rings. The van der Waals surface area contributed by atoms with Gasteiger partial charge in [0.2, 0.25) is 0 Å². The molecular formula is C18H30Cl2OSi3Zr. The molecule has 0 saturated carbocycles. The molecule has 0 spiro atoms. The van der Waals surface area contributed by atoms with Crippen molar-refractivity contribution in [3.63, 3.8) is 0 Å². The van der Waals surface area contributed by atoms with Crippen LogP contribution in [0.3, 0.4) is 0 Å². The van der Waals surface area contributed by atoms with Crippen LogP contribution in [0.4, 0.5) is 0 Å². The van der Waals surface area contributed by atoms with Crippen LogP contribution in [-0.4, -0.2) is 23.5 Å². The Morgan fingerprint density at radius 2 is 1.72 bits per heavy atom. The molecule has 2 aliphatic carbocycles. The van der Waals surface area contributed by atoms with Crippen molar-refractivity contribution >= 4 is 23.5 Å². The molecule has 0 fully saturated rings. The van der Waals surface area contributed by atoms with E-state index in [9.17, 15) is 0 Å². The molecule has 0 bridgehead atoms. The molecule has 1 atom stereocenters. The zero-order valence-corrected chi connectivity index (χ0v) is 23.5. The SMILES string of the molecule is CC[Si](C)(C)[Si]1(C)C2=[C](CC=C2)[Zr+2][C]2=C1C(O[Si](C)(C)C)=CC2.[Cl-].[Cl-]. The Morgan fingerprint density at radius 1 is 1.08 bits per heavy atom. The van der Waals surface area contributed by atoms with Crippen molar-refractivity contribution in [3.05, 3.63) is 40.9 Å². The summed E-state index contributed by atoms with van der Waals surface area (Å²) in [7, 11) is -4.44. The van der Waals surface area contributed by atoms with Crippen molar-refractivity contribution in [2.45, 2.75) is 65.1 Å². The normalized spacial score (nSPS) is 24.5. The molecule has 1 heterocycles. The fourth-order valence-electron chi connectivity index (χ4n) is 4.10. The van der Waals surface area contributed by atoms with Crippen LogP contribution in [0.1, 0.15) is 19.8 Å². The number of halogens is 2. The standard InChI is InChI=1S/C18H30OSi3.2ClH.Zr/c1-8-21(5,6)22(7,16-12-9-10-13-16)18-15-11-14-17(18)19-20(2,3)4;;;/h9,12,14H,8,10-11H2,1-7H3;2*1H;/q;;;+2/p-2. The molecule has 0 aromatic heterocycles. The summed E-state index contributed by atoms with van der Waals surface area (Å²) in [5, 5.41) is 3.66. The third kappa shape index (κ3) is 4.02. The second-order valence-corrected chi connectivity index (χ2v) is 31.7. The summed E-state index contributed by atoms with van der Waals surface area (Å²) in [6.45, 7) is 17.4. The van der Waals surface area contributed by atoms with E-state index in [1.165, 1.54) is 24.6 Å². The van der Waals surface area contributed by atoms with Crippen molar-refractivity contribution < 1.29 is 52.5 Å². The first-order valence-electron chi connectivity index (χ1n) is 8.90. The first kappa shape index (κ1) is 23.9. The van der Waals surface area contributed by atoms with E-state index in [0.29, 0.717) is 0 Å². The van der Waals surface area contributed by atoms with E-state index in [-0.39, 0.29) is 24.8 Å². The number of hydrogen-bond donors (Lipinski definition) is 0. The van der Waals surface area contributed by atoms with Crippen molar-refractivity contribution in [2.75, 3.05) is 0 Å². The van der Waals surface area contributed by atoms with Gasteiger partial charge in [-0.3, -0.25) is 0 Å². The van der Waals surface area contributed by atoms with Gasteiger partial charge in [-0.15, -0.1) is 0 Å². The van der Waals surface area contributed by atoms with Gasteiger partial charge >= 0.3 is 157 Å². The molecule has 0 saturated heterocycles.